The Morgan fingerprint density at radius 3 is 2.68 bits per heavy atom. The van der Waals surface area contributed by atoms with Crippen LogP contribution >= 0.6 is 15.9 Å². The average molecular weight is 330 g/mol. The van der Waals surface area contributed by atoms with Gasteiger partial charge in [0.15, 0.2) is 0 Å². The van der Waals surface area contributed by atoms with E-state index < -0.39 is 12.0 Å². The first-order valence-corrected chi connectivity index (χ1v) is 7.02. The van der Waals surface area contributed by atoms with E-state index in [0.717, 1.165) is 15.8 Å². The lowest BCUT2D eigenvalue weighted by atomic mass is 10.0. The van der Waals surface area contributed by atoms with E-state index in [-0.39, 0.29) is 0 Å². The third-order valence-corrected chi connectivity index (χ3v) is 3.29. The van der Waals surface area contributed by atoms with Crippen molar-refractivity contribution in [3.8, 4) is 5.75 Å². The van der Waals surface area contributed by atoms with E-state index in [4.69, 9.17) is 9.84 Å². The Labute approximate surface area is 122 Å². The second-order valence-corrected chi connectivity index (χ2v) is 5.77. The number of nitrogens with one attached hydrogen (secondary N) is 1. The molecule has 0 radical (unpaired) electrons. The molecule has 0 aromatic heterocycles. The fourth-order valence-electron chi connectivity index (χ4n) is 1.84. The fraction of sp³-hybridized carbons (Fsp3) is 0.500. The molecule has 0 aliphatic rings. The molecule has 0 saturated carbocycles. The first kappa shape index (κ1) is 16.0. The van der Waals surface area contributed by atoms with Crippen molar-refractivity contribution in [1.82, 2.24) is 5.32 Å². The molecule has 0 amide bonds. The molecule has 19 heavy (non-hydrogen) atoms. The van der Waals surface area contributed by atoms with Crippen LogP contribution in [-0.2, 0) is 11.3 Å². The summed E-state index contributed by atoms with van der Waals surface area (Å²) in [5, 5.41) is 12.2. The molecule has 0 saturated heterocycles. The molecule has 0 heterocycles. The summed E-state index contributed by atoms with van der Waals surface area (Å²) in [6, 6.07) is 5.17. The van der Waals surface area contributed by atoms with Crippen molar-refractivity contribution in [3.63, 3.8) is 0 Å². The molecule has 5 heteroatoms. The van der Waals surface area contributed by atoms with Gasteiger partial charge in [-0.05, 0) is 24.5 Å². The topological polar surface area (TPSA) is 58.6 Å². The van der Waals surface area contributed by atoms with E-state index in [1.165, 1.54) is 0 Å². The number of benzene rings is 1. The molecule has 106 valence electrons. The van der Waals surface area contributed by atoms with Crippen LogP contribution in [0.2, 0.25) is 0 Å². The highest BCUT2D eigenvalue weighted by Gasteiger charge is 2.18. The van der Waals surface area contributed by atoms with Gasteiger partial charge in [0, 0.05) is 16.6 Å². The van der Waals surface area contributed by atoms with E-state index in [1.807, 2.05) is 32.0 Å². The zero-order valence-electron chi connectivity index (χ0n) is 11.4. The monoisotopic (exact) mass is 329 g/mol. The Morgan fingerprint density at radius 1 is 1.47 bits per heavy atom. The first-order valence-electron chi connectivity index (χ1n) is 6.22. The van der Waals surface area contributed by atoms with Crippen LogP contribution in [0.4, 0.5) is 0 Å². The third-order valence-electron chi connectivity index (χ3n) is 2.79. The number of rotatable bonds is 7. The van der Waals surface area contributed by atoms with Crippen LogP contribution in [0.1, 0.15) is 25.8 Å². The van der Waals surface area contributed by atoms with E-state index >= 15 is 0 Å². The maximum Gasteiger partial charge on any atom is 0.320 e. The SMILES string of the molecule is COc1cc(Br)ccc1CN[C@@H](CC(C)C)C(=O)O. The van der Waals surface area contributed by atoms with Gasteiger partial charge >= 0.3 is 5.97 Å². The van der Waals surface area contributed by atoms with E-state index in [0.29, 0.717) is 18.9 Å². The Kier molecular flexibility index (Phi) is 6.31. The van der Waals surface area contributed by atoms with Gasteiger partial charge in [0.25, 0.3) is 0 Å². The summed E-state index contributed by atoms with van der Waals surface area (Å²) in [5.41, 5.74) is 0.945. The molecule has 0 unspecified atom stereocenters. The minimum Gasteiger partial charge on any atom is -0.496 e. The summed E-state index contributed by atoms with van der Waals surface area (Å²) in [7, 11) is 1.61. The predicted molar refractivity (Wildman–Crippen MR) is 78.4 cm³/mol. The number of aliphatic carboxylic acids is 1. The lowest BCUT2D eigenvalue weighted by Crippen LogP contribution is -2.37. The molecule has 0 fully saturated rings. The maximum absolute atomic E-state index is 11.2. The van der Waals surface area contributed by atoms with Crippen molar-refractivity contribution in [2.75, 3.05) is 7.11 Å². The summed E-state index contributed by atoms with van der Waals surface area (Å²) in [6.07, 6.45) is 0.605. The molecule has 0 aliphatic carbocycles. The van der Waals surface area contributed by atoms with Gasteiger partial charge in [-0.15, -0.1) is 0 Å². The molecule has 4 nitrogen and oxygen atoms in total. The van der Waals surface area contributed by atoms with Crippen LogP contribution in [-0.4, -0.2) is 24.2 Å². The largest absolute Gasteiger partial charge is 0.496 e. The van der Waals surface area contributed by atoms with Gasteiger partial charge in [-0.1, -0.05) is 35.8 Å². The fourth-order valence-corrected chi connectivity index (χ4v) is 2.18. The third kappa shape index (κ3) is 5.20. The van der Waals surface area contributed by atoms with Gasteiger partial charge in [-0.2, -0.15) is 0 Å². The molecule has 0 aliphatic heterocycles. The van der Waals surface area contributed by atoms with Crippen molar-refractivity contribution in [3.05, 3.63) is 28.2 Å². The maximum atomic E-state index is 11.2. The van der Waals surface area contributed by atoms with Crippen LogP contribution in [0.25, 0.3) is 0 Å². The van der Waals surface area contributed by atoms with Gasteiger partial charge in [-0.3, -0.25) is 4.79 Å². The lowest BCUT2D eigenvalue weighted by Gasteiger charge is -2.17. The van der Waals surface area contributed by atoms with Crippen molar-refractivity contribution < 1.29 is 14.6 Å². The van der Waals surface area contributed by atoms with Crippen molar-refractivity contribution in [2.24, 2.45) is 5.92 Å². The predicted octanol–water partition coefficient (Wildman–Crippen LogP) is 3.05. The summed E-state index contributed by atoms with van der Waals surface area (Å²) in [4.78, 5) is 11.2. The first-order chi connectivity index (χ1) is 8.93. The summed E-state index contributed by atoms with van der Waals surface area (Å²) >= 11 is 3.38. The van der Waals surface area contributed by atoms with E-state index in [9.17, 15) is 4.79 Å². The molecule has 2 N–H and O–H groups in total. The highest BCUT2D eigenvalue weighted by atomic mass is 79.9. The minimum absolute atomic E-state index is 0.334. The van der Waals surface area contributed by atoms with Crippen LogP contribution in [0.5, 0.6) is 5.75 Å². The summed E-state index contributed by atoms with van der Waals surface area (Å²) in [6.45, 7) is 4.50. The Balaban J connectivity index is 2.71. The molecule has 0 bridgehead atoms. The molecule has 1 rings (SSSR count). The van der Waals surface area contributed by atoms with Crippen LogP contribution in [0, 0.1) is 5.92 Å². The Hall–Kier alpha value is -1.07. The zero-order chi connectivity index (χ0) is 14.4. The number of carbonyl (C=O) groups is 1. The smallest absolute Gasteiger partial charge is 0.320 e. The van der Waals surface area contributed by atoms with E-state index in [1.54, 1.807) is 7.11 Å². The van der Waals surface area contributed by atoms with Crippen LogP contribution < -0.4 is 10.1 Å². The lowest BCUT2D eigenvalue weighted by molar-refractivity contribution is -0.140. The van der Waals surface area contributed by atoms with Gasteiger partial charge in [0.1, 0.15) is 11.8 Å². The number of methoxy groups -OCH3 is 1. The number of ether oxygens (including phenoxy) is 1. The highest BCUT2D eigenvalue weighted by molar-refractivity contribution is 9.10. The molecular weight excluding hydrogens is 310 g/mol. The Bertz CT molecular complexity index is 435. The number of halogens is 1. The molecule has 0 spiro atoms. The van der Waals surface area contributed by atoms with Crippen molar-refractivity contribution in [2.45, 2.75) is 32.9 Å². The number of hydrogen-bond acceptors (Lipinski definition) is 3. The van der Waals surface area contributed by atoms with Gasteiger partial charge in [-0.25, -0.2) is 0 Å². The zero-order valence-corrected chi connectivity index (χ0v) is 13.0. The quantitative estimate of drug-likeness (QED) is 0.807. The van der Waals surface area contributed by atoms with Gasteiger partial charge in [0.05, 0.1) is 7.11 Å². The van der Waals surface area contributed by atoms with E-state index in [2.05, 4.69) is 21.2 Å². The van der Waals surface area contributed by atoms with Gasteiger partial charge < -0.3 is 15.2 Å². The second kappa shape index (κ2) is 7.50. The van der Waals surface area contributed by atoms with Crippen LogP contribution in [0.15, 0.2) is 22.7 Å². The molecule has 1 atom stereocenters. The Morgan fingerprint density at radius 2 is 2.16 bits per heavy atom. The van der Waals surface area contributed by atoms with Crippen molar-refractivity contribution >= 4 is 21.9 Å². The summed E-state index contributed by atoms with van der Waals surface area (Å²) < 4.78 is 6.22. The second-order valence-electron chi connectivity index (χ2n) is 4.86. The summed E-state index contributed by atoms with van der Waals surface area (Å²) in [5.74, 6) is 0.265. The highest BCUT2D eigenvalue weighted by Crippen LogP contribution is 2.23. The van der Waals surface area contributed by atoms with Crippen LogP contribution in [0.3, 0.4) is 0 Å². The standard InChI is InChI=1S/C14H20BrNO3/c1-9(2)6-12(14(17)18)16-8-10-4-5-11(15)7-13(10)19-3/h4-5,7,9,12,16H,6,8H2,1-3H3,(H,17,18)/t12-/m0/s1. The van der Waals surface area contributed by atoms with Crippen molar-refractivity contribution in [1.29, 1.82) is 0 Å². The normalized spacial score (nSPS) is 12.5. The number of carboxylic acids is 1. The number of hydrogen-bond donors (Lipinski definition) is 2. The number of carboxylic acid groups (broad SMARTS) is 1. The molecule has 1 aromatic rings. The molecule has 1 aromatic carbocycles. The minimum atomic E-state index is -0.815. The molecular formula is C14H20BrNO3. The van der Waals surface area contributed by atoms with Gasteiger partial charge in [0.2, 0.25) is 0 Å². The average Bonchev–Trinajstić information content (AvgIpc) is 2.34.